The standard InChI is InChI=1S/C14H22ClN5O/c1-4-20-13(14(15)11(2)18-20)9-19-8-12(17-10-19)7-16-5-6-21-3/h8,10,16H,4-7,9H2,1-3H3. The monoisotopic (exact) mass is 311 g/mol. The third kappa shape index (κ3) is 4.06. The summed E-state index contributed by atoms with van der Waals surface area (Å²) >= 11 is 6.32. The van der Waals surface area contributed by atoms with Gasteiger partial charge in [0.2, 0.25) is 0 Å². The fraction of sp³-hybridized carbons (Fsp3) is 0.571. The number of nitrogens with zero attached hydrogens (tertiary/aromatic N) is 4. The van der Waals surface area contributed by atoms with Gasteiger partial charge in [-0.25, -0.2) is 4.98 Å². The summed E-state index contributed by atoms with van der Waals surface area (Å²) in [6, 6.07) is 0. The van der Waals surface area contributed by atoms with Gasteiger partial charge in [-0.2, -0.15) is 5.10 Å². The summed E-state index contributed by atoms with van der Waals surface area (Å²) in [5.41, 5.74) is 2.89. The van der Waals surface area contributed by atoms with Crippen LogP contribution in [-0.2, 0) is 24.4 Å². The number of hydrogen-bond donors (Lipinski definition) is 1. The molecule has 0 spiro atoms. The fourth-order valence-electron chi connectivity index (χ4n) is 2.17. The first-order chi connectivity index (χ1) is 10.2. The highest BCUT2D eigenvalue weighted by molar-refractivity contribution is 6.31. The molecule has 0 fully saturated rings. The van der Waals surface area contributed by atoms with Crippen molar-refractivity contribution < 1.29 is 4.74 Å². The van der Waals surface area contributed by atoms with E-state index >= 15 is 0 Å². The van der Waals surface area contributed by atoms with Crippen LogP contribution >= 0.6 is 11.6 Å². The fourth-order valence-corrected chi connectivity index (χ4v) is 2.36. The molecule has 0 bridgehead atoms. The summed E-state index contributed by atoms with van der Waals surface area (Å²) in [7, 11) is 1.69. The molecule has 0 saturated carbocycles. The maximum atomic E-state index is 6.32. The van der Waals surface area contributed by atoms with E-state index in [0.29, 0.717) is 13.2 Å². The van der Waals surface area contributed by atoms with Gasteiger partial charge in [0.1, 0.15) is 0 Å². The van der Waals surface area contributed by atoms with Crippen molar-refractivity contribution in [3.8, 4) is 0 Å². The minimum atomic E-state index is 0.679. The number of methoxy groups -OCH3 is 1. The van der Waals surface area contributed by atoms with E-state index in [9.17, 15) is 0 Å². The number of nitrogens with one attached hydrogen (secondary N) is 1. The van der Waals surface area contributed by atoms with Gasteiger partial charge in [-0.3, -0.25) is 4.68 Å². The molecule has 0 unspecified atom stereocenters. The first-order valence-corrected chi connectivity index (χ1v) is 7.45. The van der Waals surface area contributed by atoms with Crippen molar-refractivity contribution in [3.05, 3.63) is 34.6 Å². The van der Waals surface area contributed by atoms with Gasteiger partial charge in [0.25, 0.3) is 0 Å². The lowest BCUT2D eigenvalue weighted by molar-refractivity contribution is 0.199. The van der Waals surface area contributed by atoms with Crippen LogP contribution in [0.25, 0.3) is 0 Å². The average molecular weight is 312 g/mol. The van der Waals surface area contributed by atoms with E-state index in [-0.39, 0.29) is 0 Å². The summed E-state index contributed by atoms with van der Waals surface area (Å²) in [5, 5.41) is 8.44. The number of rotatable bonds is 8. The van der Waals surface area contributed by atoms with Crippen LogP contribution in [0.5, 0.6) is 0 Å². The molecular weight excluding hydrogens is 290 g/mol. The SMILES string of the molecule is CCn1nc(C)c(Cl)c1Cn1cnc(CNCCOC)c1. The molecule has 0 amide bonds. The molecule has 0 aliphatic rings. The molecule has 0 atom stereocenters. The number of ether oxygens (including phenoxy) is 1. The van der Waals surface area contributed by atoms with Gasteiger partial charge in [0.15, 0.2) is 0 Å². The second kappa shape index (κ2) is 7.59. The van der Waals surface area contributed by atoms with E-state index in [1.54, 1.807) is 7.11 Å². The van der Waals surface area contributed by atoms with E-state index in [1.165, 1.54) is 0 Å². The Morgan fingerprint density at radius 1 is 1.43 bits per heavy atom. The zero-order chi connectivity index (χ0) is 15.2. The molecule has 116 valence electrons. The van der Waals surface area contributed by atoms with Gasteiger partial charge in [0.05, 0.1) is 41.6 Å². The van der Waals surface area contributed by atoms with Gasteiger partial charge in [-0.15, -0.1) is 0 Å². The molecule has 2 heterocycles. The van der Waals surface area contributed by atoms with Crippen molar-refractivity contribution >= 4 is 11.6 Å². The zero-order valence-electron chi connectivity index (χ0n) is 12.8. The number of imidazole rings is 1. The van der Waals surface area contributed by atoms with Crippen LogP contribution in [0.4, 0.5) is 0 Å². The van der Waals surface area contributed by atoms with Gasteiger partial charge in [-0.1, -0.05) is 11.6 Å². The highest BCUT2D eigenvalue weighted by Crippen LogP contribution is 2.21. The predicted octanol–water partition coefficient (Wildman–Crippen LogP) is 1.85. The topological polar surface area (TPSA) is 56.9 Å². The van der Waals surface area contributed by atoms with Gasteiger partial charge in [-0.05, 0) is 13.8 Å². The summed E-state index contributed by atoms with van der Waals surface area (Å²) in [6.45, 7) is 7.72. The Hall–Kier alpha value is -1.37. The molecule has 2 aromatic rings. The van der Waals surface area contributed by atoms with Crippen molar-refractivity contribution in [2.75, 3.05) is 20.3 Å². The normalized spacial score (nSPS) is 11.2. The number of hydrogen-bond acceptors (Lipinski definition) is 4. The Kier molecular flexibility index (Phi) is 5.78. The quantitative estimate of drug-likeness (QED) is 0.756. The lowest BCUT2D eigenvalue weighted by atomic mass is 10.3. The Morgan fingerprint density at radius 2 is 2.24 bits per heavy atom. The molecule has 0 aliphatic heterocycles. The highest BCUT2D eigenvalue weighted by atomic mass is 35.5. The summed E-state index contributed by atoms with van der Waals surface area (Å²) in [6.07, 6.45) is 3.85. The molecule has 1 N–H and O–H groups in total. The van der Waals surface area contributed by atoms with E-state index in [0.717, 1.165) is 41.7 Å². The van der Waals surface area contributed by atoms with E-state index in [2.05, 4.69) is 22.3 Å². The zero-order valence-corrected chi connectivity index (χ0v) is 13.5. The van der Waals surface area contributed by atoms with Crippen LogP contribution in [0.3, 0.4) is 0 Å². The second-order valence-electron chi connectivity index (χ2n) is 4.87. The van der Waals surface area contributed by atoms with Crippen LogP contribution in [0.1, 0.15) is 24.0 Å². The highest BCUT2D eigenvalue weighted by Gasteiger charge is 2.13. The van der Waals surface area contributed by atoms with Gasteiger partial charge < -0.3 is 14.6 Å². The molecule has 0 radical (unpaired) electrons. The Bertz CT molecular complexity index is 578. The van der Waals surface area contributed by atoms with Crippen LogP contribution in [-0.4, -0.2) is 39.6 Å². The van der Waals surface area contributed by atoms with Crippen molar-refractivity contribution in [3.63, 3.8) is 0 Å². The van der Waals surface area contributed by atoms with Crippen LogP contribution < -0.4 is 5.32 Å². The first-order valence-electron chi connectivity index (χ1n) is 7.07. The largest absolute Gasteiger partial charge is 0.383 e. The lowest BCUT2D eigenvalue weighted by Gasteiger charge is -2.06. The average Bonchev–Trinajstić information content (AvgIpc) is 3.03. The number of aromatic nitrogens is 4. The molecule has 0 aromatic carbocycles. The van der Waals surface area contributed by atoms with Crippen LogP contribution in [0.2, 0.25) is 5.02 Å². The molecule has 7 heteroatoms. The third-order valence-electron chi connectivity index (χ3n) is 3.26. The van der Waals surface area contributed by atoms with Crippen LogP contribution in [0.15, 0.2) is 12.5 Å². The van der Waals surface area contributed by atoms with Gasteiger partial charge >= 0.3 is 0 Å². The molecule has 21 heavy (non-hydrogen) atoms. The lowest BCUT2D eigenvalue weighted by Crippen LogP contribution is -2.18. The molecule has 2 rings (SSSR count). The number of aryl methyl sites for hydroxylation is 2. The molecule has 6 nitrogen and oxygen atoms in total. The molecule has 0 saturated heterocycles. The maximum Gasteiger partial charge on any atom is 0.0953 e. The van der Waals surface area contributed by atoms with Crippen molar-refractivity contribution in [1.82, 2.24) is 24.6 Å². The minimum Gasteiger partial charge on any atom is -0.383 e. The van der Waals surface area contributed by atoms with E-state index in [4.69, 9.17) is 16.3 Å². The summed E-state index contributed by atoms with van der Waals surface area (Å²) in [4.78, 5) is 4.39. The van der Waals surface area contributed by atoms with Crippen molar-refractivity contribution in [1.29, 1.82) is 0 Å². The van der Waals surface area contributed by atoms with E-state index in [1.807, 2.05) is 28.7 Å². The molecule has 2 aromatic heterocycles. The Balaban J connectivity index is 1.99. The maximum absolute atomic E-state index is 6.32. The predicted molar refractivity (Wildman–Crippen MR) is 82.6 cm³/mol. The Labute approximate surface area is 130 Å². The Morgan fingerprint density at radius 3 is 2.95 bits per heavy atom. The van der Waals surface area contributed by atoms with Crippen LogP contribution in [0, 0.1) is 6.92 Å². The summed E-state index contributed by atoms with van der Waals surface area (Å²) < 4.78 is 8.96. The minimum absolute atomic E-state index is 0.679. The molecule has 0 aliphatic carbocycles. The summed E-state index contributed by atoms with van der Waals surface area (Å²) in [5.74, 6) is 0. The first kappa shape index (κ1) is 16.0. The molecular formula is C14H22ClN5O. The second-order valence-corrected chi connectivity index (χ2v) is 5.25. The van der Waals surface area contributed by atoms with Crippen molar-refractivity contribution in [2.45, 2.75) is 33.5 Å². The smallest absolute Gasteiger partial charge is 0.0953 e. The third-order valence-corrected chi connectivity index (χ3v) is 3.75. The number of halogens is 1. The van der Waals surface area contributed by atoms with E-state index < -0.39 is 0 Å². The van der Waals surface area contributed by atoms with Crippen molar-refractivity contribution in [2.24, 2.45) is 0 Å². The van der Waals surface area contributed by atoms with Gasteiger partial charge in [0, 0.05) is 32.9 Å².